The van der Waals surface area contributed by atoms with E-state index < -0.39 is 0 Å². The molecule has 3 N–H and O–H groups in total. The standard InChI is InChI=1S/C17H22N6O2/c1-25-17-21-15(12-5-2-6-13(18)11-12)20-16(22-17)19-8-4-10-23-9-3-7-14(23)24/h2,5-6,11H,3-4,7-10,18H2,1H3,(H,19,20,21,22). The van der Waals surface area contributed by atoms with Crippen LogP contribution in [-0.4, -0.2) is 52.5 Å². The first-order valence-corrected chi connectivity index (χ1v) is 8.33. The van der Waals surface area contributed by atoms with Gasteiger partial charge in [0.15, 0.2) is 5.82 Å². The molecule has 132 valence electrons. The smallest absolute Gasteiger partial charge is 0.321 e. The van der Waals surface area contributed by atoms with E-state index in [1.165, 1.54) is 7.11 Å². The van der Waals surface area contributed by atoms with E-state index in [9.17, 15) is 4.79 Å². The number of ether oxygens (including phenoxy) is 1. The quantitative estimate of drug-likeness (QED) is 0.581. The van der Waals surface area contributed by atoms with Gasteiger partial charge in [0.2, 0.25) is 11.9 Å². The summed E-state index contributed by atoms with van der Waals surface area (Å²) < 4.78 is 5.16. The minimum Gasteiger partial charge on any atom is -0.467 e. The van der Waals surface area contributed by atoms with Crippen LogP contribution in [0.3, 0.4) is 0 Å². The molecule has 8 heteroatoms. The van der Waals surface area contributed by atoms with Gasteiger partial charge in [0.25, 0.3) is 0 Å². The number of anilines is 2. The van der Waals surface area contributed by atoms with Crippen molar-refractivity contribution >= 4 is 17.5 Å². The van der Waals surface area contributed by atoms with Crippen LogP contribution in [0.15, 0.2) is 24.3 Å². The number of nitrogens with one attached hydrogen (secondary N) is 1. The van der Waals surface area contributed by atoms with Gasteiger partial charge < -0.3 is 20.7 Å². The van der Waals surface area contributed by atoms with Gasteiger partial charge in [-0.2, -0.15) is 15.0 Å². The van der Waals surface area contributed by atoms with E-state index >= 15 is 0 Å². The first kappa shape index (κ1) is 16.9. The van der Waals surface area contributed by atoms with Gasteiger partial charge in [0, 0.05) is 37.3 Å². The molecule has 1 aliphatic heterocycles. The number of rotatable bonds is 7. The summed E-state index contributed by atoms with van der Waals surface area (Å²) in [6.07, 6.45) is 2.45. The summed E-state index contributed by atoms with van der Waals surface area (Å²) >= 11 is 0. The maximum absolute atomic E-state index is 11.6. The van der Waals surface area contributed by atoms with Crippen molar-refractivity contribution in [2.45, 2.75) is 19.3 Å². The van der Waals surface area contributed by atoms with E-state index in [2.05, 4.69) is 20.3 Å². The fourth-order valence-corrected chi connectivity index (χ4v) is 2.74. The lowest BCUT2D eigenvalue weighted by Crippen LogP contribution is -2.27. The largest absolute Gasteiger partial charge is 0.467 e. The minimum atomic E-state index is 0.240. The van der Waals surface area contributed by atoms with E-state index in [4.69, 9.17) is 10.5 Å². The molecule has 1 saturated heterocycles. The number of nitrogens with zero attached hydrogens (tertiary/aromatic N) is 4. The zero-order valence-electron chi connectivity index (χ0n) is 14.2. The molecule has 0 bridgehead atoms. The lowest BCUT2D eigenvalue weighted by atomic mass is 10.2. The highest BCUT2D eigenvalue weighted by Gasteiger charge is 2.19. The van der Waals surface area contributed by atoms with Crippen LogP contribution in [0, 0.1) is 0 Å². The highest BCUT2D eigenvalue weighted by Crippen LogP contribution is 2.20. The van der Waals surface area contributed by atoms with Crippen LogP contribution in [0.1, 0.15) is 19.3 Å². The lowest BCUT2D eigenvalue weighted by Gasteiger charge is -2.15. The van der Waals surface area contributed by atoms with Crippen LogP contribution >= 0.6 is 0 Å². The molecular weight excluding hydrogens is 320 g/mol. The molecule has 1 amide bonds. The first-order valence-electron chi connectivity index (χ1n) is 8.33. The molecule has 0 unspecified atom stereocenters. The lowest BCUT2D eigenvalue weighted by molar-refractivity contribution is -0.127. The van der Waals surface area contributed by atoms with Gasteiger partial charge >= 0.3 is 6.01 Å². The number of hydrogen-bond acceptors (Lipinski definition) is 7. The van der Waals surface area contributed by atoms with Crippen LogP contribution in [-0.2, 0) is 4.79 Å². The number of aromatic nitrogens is 3. The van der Waals surface area contributed by atoms with Crippen molar-refractivity contribution in [3.63, 3.8) is 0 Å². The number of nitrogen functional groups attached to an aromatic ring is 1. The molecular formula is C17H22N6O2. The van der Waals surface area contributed by atoms with Crippen LogP contribution in [0.5, 0.6) is 6.01 Å². The molecule has 0 spiro atoms. The molecule has 0 atom stereocenters. The molecule has 0 saturated carbocycles. The van der Waals surface area contributed by atoms with Crippen molar-refractivity contribution in [1.82, 2.24) is 19.9 Å². The van der Waals surface area contributed by atoms with E-state index in [1.54, 1.807) is 12.1 Å². The molecule has 3 rings (SSSR count). The number of carbonyl (C=O) groups is 1. The Morgan fingerprint density at radius 2 is 2.20 bits per heavy atom. The molecule has 0 radical (unpaired) electrons. The van der Waals surface area contributed by atoms with Crippen LogP contribution in [0.4, 0.5) is 11.6 Å². The molecule has 0 aliphatic carbocycles. The molecule has 1 aromatic carbocycles. The first-order chi connectivity index (χ1) is 12.2. The van der Waals surface area contributed by atoms with Gasteiger partial charge in [0.05, 0.1) is 7.11 Å². The number of amides is 1. The average Bonchev–Trinajstić information content (AvgIpc) is 3.03. The second kappa shape index (κ2) is 7.78. The Bertz CT molecular complexity index is 752. The van der Waals surface area contributed by atoms with Crippen molar-refractivity contribution < 1.29 is 9.53 Å². The second-order valence-corrected chi connectivity index (χ2v) is 5.86. The van der Waals surface area contributed by atoms with E-state index in [0.717, 1.165) is 31.5 Å². The third-order valence-electron chi connectivity index (χ3n) is 4.00. The van der Waals surface area contributed by atoms with Gasteiger partial charge in [-0.3, -0.25) is 4.79 Å². The summed E-state index contributed by atoms with van der Waals surface area (Å²) in [5, 5.41) is 3.17. The Hall–Kier alpha value is -2.90. The Morgan fingerprint density at radius 1 is 1.32 bits per heavy atom. The molecule has 2 heterocycles. The zero-order valence-corrected chi connectivity index (χ0v) is 14.2. The van der Waals surface area contributed by atoms with Crippen LogP contribution < -0.4 is 15.8 Å². The van der Waals surface area contributed by atoms with Crippen molar-refractivity contribution in [3.05, 3.63) is 24.3 Å². The number of methoxy groups -OCH3 is 1. The third-order valence-corrected chi connectivity index (χ3v) is 4.00. The highest BCUT2D eigenvalue weighted by molar-refractivity contribution is 5.78. The summed E-state index contributed by atoms with van der Waals surface area (Å²) in [6.45, 7) is 2.27. The summed E-state index contributed by atoms with van der Waals surface area (Å²) in [5.74, 6) is 1.18. The second-order valence-electron chi connectivity index (χ2n) is 5.86. The van der Waals surface area contributed by atoms with Crippen molar-refractivity contribution in [2.75, 3.05) is 37.8 Å². The molecule has 1 fully saturated rings. The van der Waals surface area contributed by atoms with Crippen molar-refractivity contribution in [1.29, 1.82) is 0 Å². The van der Waals surface area contributed by atoms with Crippen molar-refractivity contribution in [3.8, 4) is 17.4 Å². The molecule has 2 aromatic rings. The molecule has 25 heavy (non-hydrogen) atoms. The molecule has 8 nitrogen and oxygen atoms in total. The van der Waals surface area contributed by atoms with E-state index in [0.29, 0.717) is 30.4 Å². The topological polar surface area (TPSA) is 106 Å². The highest BCUT2D eigenvalue weighted by atomic mass is 16.5. The summed E-state index contributed by atoms with van der Waals surface area (Å²) in [5.41, 5.74) is 7.26. The number of nitrogens with two attached hydrogens (primary N) is 1. The Kier molecular flexibility index (Phi) is 5.27. The maximum Gasteiger partial charge on any atom is 0.321 e. The third kappa shape index (κ3) is 4.34. The average molecular weight is 342 g/mol. The summed E-state index contributed by atoms with van der Waals surface area (Å²) in [4.78, 5) is 26.4. The Labute approximate surface area is 146 Å². The number of likely N-dealkylation sites (tertiary alicyclic amines) is 1. The van der Waals surface area contributed by atoms with Gasteiger partial charge in [-0.15, -0.1) is 0 Å². The van der Waals surface area contributed by atoms with E-state index in [1.807, 2.05) is 17.0 Å². The fraction of sp³-hybridized carbons (Fsp3) is 0.412. The normalized spacial score (nSPS) is 14.0. The molecule has 1 aromatic heterocycles. The minimum absolute atomic E-state index is 0.240. The SMILES string of the molecule is COc1nc(NCCCN2CCCC2=O)nc(-c2cccc(N)c2)n1. The number of carbonyl (C=O) groups excluding carboxylic acids is 1. The van der Waals surface area contributed by atoms with Crippen LogP contribution in [0.2, 0.25) is 0 Å². The maximum atomic E-state index is 11.6. The number of benzene rings is 1. The van der Waals surface area contributed by atoms with Crippen LogP contribution in [0.25, 0.3) is 11.4 Å². The summed E-state index contributed by atoms with van der Waals surface area (Å²) in [7, 11) is 1.52. The zero-order chi connectivity index (χ0) is 17.6. The van der Waals surface area contributed by atoms with Gasteiger partial charge in [-0.1, -0.05) is 12.1 Å². The van der Waals surface area contributed by atoms with Gasteiger partial charge in [-0.25, -0.2) is 0 Å². The predicted octanol–water partition coefficient (Wildman–Crippen LogP) is 1.55. The molecule has 1 aliphatic rings. The summed E-state index contributed by atoms with van der Waals surface area (Å²) in [6, 6.07) is 7.58. The Morgan fingerprint density at radius 3 is 2.92 bits per heavy atom. The number of hydrogen-bond donors (Lipinski definition) is 2. The Balaban J connectivity index is 1.64. The monoisotopic (exact) mass is 342 g/mol. The fourth-order valence-electron chi connectivity index (χ4n) is 2.74. The van der Waals surface area contributed by atoms with E-state index in [-0.39, 0.29) is 11.9 Å². The van der Waals surface area contributed by atoms with Gasteiger partial charge in [-0.05, 0) is 25.0 Å². The predicted molar refractivity (Wildman–Crippen MR) is 95.1 cm³/mol. The van der Waals surface area contributed by atoms with Gasteiger partial charge in [0.1, 0.15) is 0 Å². The van der Waals surface area contributed by atoms with Crippen molar-refractivity contribution in [2.24, 2.45) is 0 Å².